The van der Waals surface area contributed by atoms with E-state index in [1.165, 1.54) is 23.7 Å². The van der Waals surface area contributed by atoms with E-state index in [2.05, 4.69) is 10.4 Å². The Morgan fingerprint density at radius 2 is 2.03 bits per heavy atom. The number of alkyl halides is 3. The highest BCUT2D eigenvalue weighted by Crippen LogP contribution is 2.36. The smallest absolute Gasteiger partial charge is 0.413 e. The van der Waals surface area contributed by atoms with Crippen LogP contribution in [0.15, 0.2) is 24.3 Å². The van der Waals surface area contributed by atoms with Crippen molar-refractivity contribution in [3.05, 3.63) is 46.8 Å². The zero-order valence-electron chi connectivity index (χ0n) is 16.5. The summed E-state index contributed by atoms with van der Waals surface area (Å²) in [6, 6.07) is 3.87. The van der Waals surface area contributed by atoms with Gasteiger partial charge in [0, 0.05) is 30.5 Å². The van der Waals surface area contributed by atoms with E-state index in [4.69, 9.17) is 9.47 Å². The second-order valence-electron chi connectivity index (χ2n) is 7.13. The van der Waals surface area contributed by atoms with Crippen molar-refractivity contribution >= 4 is 5.91 Å². The minimum Gasteiger partial charge on any atom is -0.491 e. The molecule has 1 fully saturated rings. The molecule has 2 aromatic rings. The van der Waals surface area contributed by atoms with Gasteiger partial charge in [-0.1, -0.05) is 0 Å². The highest BCUT2D eigenvalue weighted by molar-refractivity contribution is 5.94. The maximum Gasteiger partial charge on any atom is 0.413 e. The first-order valence-electron chi connectivity index (χ1n) is 9.39. The molecular weight excluding hydrogens is 387 g/mol. The molecule has 1 saturated heterocycles. The molecule has 0 unspecified atom stereocenters. The molecular formula is C20H24F3N3O3. The molecule has 9 heteroatoms. The van der Waals surface area contributed by atoms with Gasteiger partial charge in [0.2, 0.25) is 0 Å². The number of carbonyl (C=O) groups excluding carboxylic acids is 1. The Morgan fingerprint density at radius 1 is 1.34 bits per heavy atom. The van der Waals surface area contributed by atoms with Gasteiger partial charge in [-0.15, -0.1) is 0 Å². The van der Waals surface area contributed by atoms with Crippen LogP contribution in [-0.4, -0.2) is 41.2 Å². The number of nitrogens with one attached hydrogen (secondary N) is 1. The zero-order valence-corrected chi connectivity index (χ0v) is 16.5. The molecule has 3 rings (SSSR count). The monoisotopic (exact) mass is 411 g/mol. The number of carbonyl (C=O) groups is 1. The Labute approximate surface area is 167 Å². The average molecular weight is 411 g/mol. The maximum absolute atomic E-state index is 13.7. The summed E-state index contributed by atoms with van der Waals surface area (Å²) in [6.45, 7) is 4.17. The van der Waals surface area contributed by atoms with Gasteiger partial charge in [0.1, 0.15) is 12.4 Å². The molecule has 0 radical (unpaired) electrons. The number of ether oxygens (including phenoxy) is 2. The standard InChI is InChI=1S/C20H24F3N3O3/c1-12-17(13(2)26(3)25-12)18(20(21,22)23)24-19(27)14-6-8-15(9-7-14)29-11-16-5-4-10-28-16/h6-9,16,18H,4-5,10-11H2,1-3H3,(H,24,27)/t16-,18-/m0/s1. The summed E-state index contributed by atoms with van der Waals surface area (Å²) >= 11 is 0. The molecule has 1 aliphatic rings. The van der Waals surface area contributed by atoms with Crippen LogP contribution in [0.4, 0.5) is 13.2 Å². The van der Waals surface area contributed by atoms with E-state index in [1.807, 2.05) is 0 Å². The fourth-order valence-electron chi connectivity index (χ4n) is 3.41. The van der Waals surface area contributed by atoms with Crippen molar-refractivity contribution in [1.82, 2.24) is 15.1 Å². The van der Waals surface area contributed by atoms with E-state index in [9.17, 15) is 18.0 Å². The molecule has 1 aromatic carbocycles. The molecule has 0 saturated carbocycles. The van der Waals surface area contributed by atoms with Crippen LogP contribution < -0.4 is 10.1 Å². The summed E-state index contributed by atoms with van der Waals surface area (Å²) in [7, 11) is 1.57. The lowest BCUT2D eigenvalue weighted by Crippen LogP contribution is -2.38. The molecule has 1 aromatic heterocycles. The Balaban J connectivity index is 1.71. The maximum atomic E-state index is 13.7. The number of hydrogen-bond donors (Lipinski definition) is 1. The number of nitrogens with zero attached hydrogens (tertiary/aromatic N) is 2. The second-order valence-corrected chi connectivity index (χ2v) is 7.13. The topological polar surface area (TPSA) is 65.4 Å². The molecule has 29 heavy (non-hydrogen) atoms. The summed E-state index contributed by atoms with van der Waals surface area (Å²) in [5, 5.41) is 6.13. The van der Waals surface area contributed by atoms with Crippen LogP contribution in [0.2, 0.25) is 0 Å². The number of benzene rings is 1. The first-order valence-corrected chi connectivity index (χ1v) is 9.39. The highest BCUT2D eigenvalue weighted by atomic mass is 19.4. The number of aromatic nitrogens is 2. The highest BCUT2D eigenvalue weighted by Gasteiger charge is 2.44. The van der Waals surface area contributed by atoms with Crippen molar-refractivity contribution in [1.29, 1.82) is 0 Å². The van der Waals surface area contributed by atoms with Crippen LogP contribution in [0, 0.1) is 13.8 Å². The van der Waals surface area contributed by atoms with Gasteiger partial charge in [-0.05, 0) is 51.0 Å². The van der Waals surface area contributed by atoms with E-state index in [0.717, 1.165) is 19.4 Å². The van der Waals surface area contributed by atoms with E-state index in [0.29, 0.717) is 18.1 Å². The van der Waals surface area contributed by atoms with Crippen LogP contribution in [0.5, 0.6) is 5.75 Å². The molecule has 158 valence electrons. The van der Waals surface area contributed by atoms with Crippen LogP contribution >= 0.6 is 0 Å². The van der Waals surface area contributed by atoms with Gasteiger partial charge in [-0.3, -0.25) is 9.48 Å². The molecule has 2 heterocycles. The third-order valence-corrected chi connectivity index (χ3v) is 5.03. The van der Waals surface area contributed by atoms with Crippen LogP contribution in [0.3, 0.4) is 0 Å². The Hall–Kier alpha value is -2.55. The average Bonchev–Trinajstić information content (AvgIpc) is 3.26. The zero-order chi connectivity index (χ0) is 21.2. The lowest BCUT2D eigenvalue weighted by molar-refractivity contribution is -0.155. The quantitative estimate of drug-likeness (QED) is 0.789. The molecule has 1 N–H and O–H groups in total. The predicted octanol–water partition coefficient (Wildman–Crippen LogP) is 3.63. The molecule has 2 atom stereocenters. The summed E-state index contributed by atoms with van der Waals surface area (Å²) < 4.78 is 53.5. The fraction of sp³-hybridized carbons (Fsp3) is 0.500. The molecule has 0 aliphatic carbocycles. The minimum atomic E-state index is -4.65. The van der Waals surface area contributed by atoms with Crippen molar-refractivity contribution < 1.29 is 27.4 Å². The van der Waals surface area contributed by atoms with Crippen molar-refractivity contribution in [3.63, 3.8) is 0 Å². The van der Waals surface area contributed by atoms with Gasteiger partial charge in [-0.2, -0.15) is 18.3 Å². The lowest BCUT2D eigenvalue weighted by Gasteiger charge is -2.22. The number of halogens is 3. The normalized spacial score (nSPS) is 17.9. The second kappa shape index (κ2) is 8.44. The lowest BCUT2D eigenvalue weighted by atomic mass is 10.0. The van der Waals surface area contributed by atoms with Crippen molar-refractivity contribution in [2.45, 2.75) is 45.0 Å². The number of amides is 1. The van der Waals surface area contributed by atoms with Crippen molar-refractivity contribution in [3.8, 4) is 5.75 Å². The van der Waals surface area contributed by atoms with Gasteiger partial charge in [0.25, 0.3) is 5.91 Å². The minimum absolute atomic E-state index is 0.0372. The van der Waals surface area contributed by atoms with Crippen LogP contribution in [-0.2, 0) is 11.8 Å². The summed E-state index contributed by atoms with van der Waals surface area (Å²) in [5.41, 5.74) is 0.654. The SMILES string of the molecule is Cc1nn(C)c(C)c1[C@H](NC(=O)c1ccc(OC[C@@H]2CCCO2)cc1)C(F)(F)F. The van der Waals surface area contributed by atoms with E-state index < -0.39 is 18.1 Å². The third-order valence-electron chi connectivity index (χ3n) is 5.03. The fourth-order valence-corrected chi connectivity index (χ4v) is 3.41. The Kier molecular flexibility index (Phi) is 6.16. The van der Waals surface area contributed by atoms with Crippen molar-refractivity contribution in [2.75, 3.05) is 13.2 Å². The molecule has 6 nitrogen and oxygen atoms in total. The van der Waals surface area contributed by atoms with Gasteiger partial charge in [0.05, 0.1) is 11.8 Å². The summed E-state index contributed by atoms with van der Waals surface area (Å²) in [5.74, 6) is -0.288. The van der Waals surface area contributed by atoms with Gasteiger partial charge >= 0.3 is 6.18 Å². The molecule has 0 spiro atoms. The summed E-state index contributed by atoms with van der Waals surface area (Å²) in [6.07, 6.45) is -2.66. The van der Waals surface area contributed by atoms with Crippen molar-refractivity contribution in [2.24, 2.45) is 7.05 Å². The first kappa shape index (κ1) is 21.2. The largest absolute Gasteiger partial charge is 0.491 e. The molecule has 1 amide bonds. The van der Waals surface area contributed by atoms with Crippen LogP contribution in [0.1, 0.15) is 46.2 Å². The Bertz CT molecular complexity index is 856. The first-order chi connectivity index (χ1) is 13.7. The number of rotatable bonds is 6. The molecule has 1 aliphatic heterocycles. The molecule has 0 bridgehead atoms. The number of aryl methyl sites for hydroxylation is 2. The van der Waals surface area contributed by atoms with Crippen LogP contribution in [0.25, 0.3) is 0 Å². The summed E-state index contributed by atoms with van der Waals surface area (Å²) in [4.78, 5) is 12.5. The number of hydrogen-bond acceptors (Lipinski definition) is 4. The van der Waals surface area contributed by atoms with E-state index in [1.54, 1.807) is 26.1 Å². The van der Waals surface area contributed by atoms with Gasteiger partial charge in [-0.25, -0.2) is 0 Å². The van der Waals surface area contributed by atoms with E-state index >= 15 is 0 Å². The van der Waals surface area contributed by atoms with Gasteiger partial charge < -0.3 is 14.8 Å². The van der Waals surface area contributed by atoms with E-state index in [-0.39, 0.29) is 22.9 Å². The third kappa shape index (κ3) is 4.90. The van der Waals surface area contributed by atoms with Gasteiger partial charge in [0.15, 0.2) is 6.04 Å². The Morgan fingerprint density at radius 3 is 2.55 bits per heavy atom. The predicted molar refractivity (Wildman–Crippen MR) is 99.9 cm³/mol.